The molecule has 0 radical (unpaired) electrons. The van der Waals surface area contributed by atoms with E-state index in [2.05, 4.69) is 103 Å². The topological polar surface area (TPSA) is 4.93 Å². The Kier molecular flexibility index (Phi) is 3.34. The van der Waals surface area contributed by atoms with Crippen LogP contribution >= 0.6 is 11.6 Å². The van der Waals surface area contributed by atoms with Gasteiger partial charge in [-0.05, 0) is 40.5 Å². The van der Waals surface area contributed by atoms with Gasteiger partial charge < -0.3 is 4.57 Å². The minimum atomic E-state index is -0.127. The highest BCUT2D eigenvalue weighted by atomic mass is 35.5. The first-order chi connectivity index (χ1) is 14.1. The highest BCUT2D eigenvalue weighted by Crippen LogP contribution is 2.52. The van der Waals surface area contributed by atoms with Gasteiger partial charge >= 0.3 is 0 Å². The molecule has 0 amide bonds. The maximum Gasteiger partial charge on any atom is 0.0693 e. The van der Waals surface area contributed by atoms with Gasteiger partial charge in [-0.15, -0.1) is 0 Å². The molecule has 5 aromatic rings. The van der Waals surface area contributed by atoms with Crippen molar-refractivity contribution in [1.29, 1.82) is 0 Å². The van der Waals surface area contributed by atoms with Gasteiger partial charge in [-0.25, -0.2) is 0 Å². The molecule has 0 bridgehead atoms. The van der Waals surface area contributed by atoms with Crippen molar-refractivity contribution in [2.75, 3.05) is 0 Å². The number of nitrogens with zero attached hydrogens (tertiary/aromatic N) is 1. The molecular weight excluding hydrogens is 374 g/mol. The molecule has 140 valence electrons. The van der Waals surface area contributed by atoms with Crippen LogP contribution in [0.2, 0.25) is 5.02 Å². The summed E-state index contributed by atoms with van der Waals surface area (Å²) in [5.74, 6) is 0. The summed E-state index contributed by atoms with van der Waals surface area (Å²) >= 11 is 7.20. The molecule has 0 unspecified atom stereocenters. The predicted octanol–water partition coefficient (Wildman–Crippen LogP) is 7.74. The van der Waals surface area contributed by atoms with Crippen LogP contribution in [0.1, 0.15) is 25.0 Å². The summed E-state index contributed by atoms with van der Waals surface area (Å²) in [7, 11) is 0. The van der Waals surface area contributed by atoms with Crippen molar-refractivity contribution in [3.8, 4) is 16.8 Å². The number of rotatable bonds is 1. The molecule has 0 saturated heterocycles. The van der Waals surface area contributed by atoms with E-state index in [1.807, 2.05) is 0 Å². The average molecular weight is 394 g/mol. The Bertz CT molecular complexity index is 1380. The van der Waals surface area contributed by atoms with Crippen molar-refractivity contribution >= 4 is 33.4 Å². The molecule has 1 heterocycles. The van der Waals surface area contributed by atoms with Crippen LogP contribution < -0.4 is 0 Å². The second-order valence-corrected chi connectivity index (χ2v) is 8.74. The fraction of sp³-hybridized carbons (Fsp3) is 0.111. The number of para-hydroxylation sites is 2. The lowest BCUT2D eigenvalue weighted by Gasteiger charge is -2.24. The number of hydrogen-bond acceptors (Lipinski definition) is 0. The van der Waals surface area contributed by atoms with Crippen LogP contribution in [0.3, 0.4) is 0 Å². The molecule has 0 fully saturated rings. The zero-order valence-corrected chi connectivity index (χ0v) is 17.2. The first-order valence-electron chi connectivity index (χ1n) is 10.0. The number of fused-ring (bicyclic) bond motifs is 6. The molecule has 0 aliphatic heterocycles. The first-order valence-corrected chi connectivity index (χ1v) is 10.4. The van der Waals surface area contributed by atoms with Crippen LogP contribution in [0.15, 0.2) is 84.9 Å². The summed E-state index contributed by atoms with van der Waals surface area (Å²) in [6, 6.07) is 30.2. The van der Waals surface area contributed by atoms with E-state index in [-0.39, 0.29) is 5.41 Å². The molecule has 1 aromatic heterocycles. The van der Waals surface area contributed by atoms with E-state index in [4.69, 9.17) is 11.6 Å². The maximum atomic E-state index is 7.20. The third-order valence-electron chi connectivity index (χ3n) is 6.46. The molecular formula is C27H20ClN. The van der Waals surface area contributed by atoms with Crippen molar-refractivity contribution in [3.05, 3.63) is 101 Å². The summed E-state index contributed by atoms with van der Waals surface area (Å²) in [5, 5.41) is 3.35. The fourth-order valence-electron chi connectivity index (χ4n) is 5.15. The highest BCUT2D eigenvalue weighted by Gasteiger charge is 2.38. The third kappa shape index (κ3) is 2.11. The zero-order valence-electron chi connectivity index (χ0n) is 16.4. The quantitative estimate of drug-likeness (QED) is 0.274. The van der Waals surface area contributed by atoms with Gasteiger partial charge in [-0.2, -0.15) is 0 Å². The Morgan fingerprint density at radius 3 is 1.93 bits per heavy atom. The SMILES string of the molecule is CC1(C)c2ccccc2-c2ccc(-n3c4ccccc4c4ccccc43)c(Cl)c21. The standard InChI is InChI=1S/C27H20ClN/c1-27(2)21-12-6-3-9-17(21)20-15-16-24(26(28)25(20)27)29-22-13-7-4-10-18(22)19-11-5-8-14-23(19)29/h3-16H,1-2H3. The molecule has 0 spiro atoms. The first kappa shape index (κ1) is 16.9. The summed E-state index contributed by atoms with van der Waals surface area (Å²) < 4.78 is 2.31. The van der Waals surface area contributed by atoms with Crippen LogP contribution in [-0.4, -0.2) is 4.57 Å². The molecule has 2 heteroatoms. The molecule has 1 nitrogen and oxygen atoms in total. The minimum Gasteiger partial charge on any atom is -0.308 e. The second-order valence-electron chi connectivity index (χ2n) is 8.36. The van der Waals surface area contributed by atoms with E-state index in [9.17, 15) is 0 Å². The van der Waals surface area contributed by atoms with Crippen molar-refractivity contribution in [2.24, 2.45) is 0 Å². The van der Waals surface area contributed by atoms with Crippen molar-refractivity contribution in [1.82, 2.24) is 4.57 Å². The molecule has 1 aliphatic carbocycles. The predicted molar refractivity (Wildman–Crippen MR) is 123 cm³/mol. The lowest BCUT2D eigenvalue weighted by Crippen LogP contribution is -2.16. The van der Waals surface area contributed by atoms with E-state index in [1.165, 1.54) is 44.1 Å². The van der Waals surface area contributed by atoms with E-state index in [1.54, 1.807) is 0 Å². The van der Waals surface area contributed by atoms with Gasteiger partial charge in [0, 0.05) is 16.2 Å². The van der Waals surface area contributed by atoms with Gasteiger partial charge in [0.25, 0.3) is 0 Å². The summed E-state index contributed by atoms with van der Waals surface area (Å²) in [4.78, 5) is 0. The van der Waals surface area contributed by atoms with Crippen LogP contribution in [0.5, 0.6) is 0 Å². The third-order valence-corrected chi connectivity index (χ3v) is 6.84. The number of halogens is 1. The molecule has 6 rings (SSSR count). The Hall–Kier alpha value is -3.03. The molecule has 0 N–H and O–H groups in total. The molecule has 4 aromatic carbocycles. The van der Waals surface area contributed by atoms with Gasteiger partial charge in [0.1, 0.15) is 0 Å². The molecule has 1 aliphatic rings. The Morgan fingerprint density at radius 2 is 1.24 bits per heavy atom. The van der Waals surface area contributed by atoms with Gasteiger partial charge in [-0.1, -0.05) is 92.2 Å². The molecule has 29 heavy (non-hydrogen) atoms. The van der Waals surface area contributed by atoms with Gasteiger partial charge in [0.2, 0.25) is 0 Å². The lowest BCUT2D eigenvalue weighted by atomic mass is 9.82. The largest absolute Gasteiger partial charge is 0.308 e. The minimum absolute atomic E-state index is 0.127. The van der Waals surface area contributed by atoms with Crippen molar-refractivity contribution < 1.29 is 0 Å². The summed E-state index contributed by atoms with van der Waals surface area (Å²) in [5.41, 5.74) is 8.40. The van der Waals surface area contributed by atoms with Crippen molar-refractivity contribution in [3.63, 3.8) is 0 Å². The number of benzene rings is 4. The summed E-state index contributed by atoms with van der Waals surface area (Å²) in [6.45, 7) is 4.55. The molecule has 0 atom stereocenters. The monoisotopic (exact) mass is 393 g/mol. The Morgan fingerprint density at radius 1 is 0.655 bits per heavy atom. The zero-order chi connectivity index (χ0) is 19.8. The van der Waals surface area contributed by atoms with E-state index < -0.39 is 0 Å². The van der Waals surface area contributed by atoms with Crippen molar-refractivity contribution in [2.45, 2.75) is 19.3 Å². The normalized spacial score (nSPS) is 14.3. The van der Waals surface area contributed by atoms with E-state index >= 15 is 0 Å². The van der Waals surface area contributed by atoms with Crippen LogP contribution in [0.25, 0.3) is 38.6 Å². The Balaban J connectivity index is 1.72. The van der Waals surface area contributed by atoms with Gasteiger partial charge in [0.15, 0.2) is 0 Å². The van der Waals surface area contributed by atoms with Gasteiger partial charge in [-0.3, -0.25) is 0 Å². The van der Waals surface area contributed by atoms with Crippen LogP contribution in [0.4, 0.5) is 0 Å². The van der Waals surface area contributed by atoms with Crippen LogP contribution in [-0.2, 0) is 5.41 Å². The van der Waals surface area contributed by atoms with E-state index in [0.29, 0.717) is 0 Å². The average Bonchev–Trinajstić information content (AvgIpc) is 3.19. The smallest absolute Gasteiger partial charge is 0.0693 e. The second kappa shape index (κ2) is 5.75. The Labute approximate surface area is 175 Å². The summed E-state index contributed by atoms with van der Waals surface area (Å²) in [6.07, 6.45) is 0. The van der Waals surface area contributed by atoms with Crippen LogP contribution in [0, 0.1) is 0 Å². The maximum absolute atomic E-state index is 7.20. The number of aromatic nitrogens is 1. The highest BCUT2D eigenvalue weighted by molar-refractivity contribution is 6.34. The van der Waals surface area contributed by atoms with E-state index in [0.717, 1.165) is 10.7 Å². The number of hydrogen-bond donors (Lipinski definition) is 0. The lowest BCUT2D eigenvalue weighted by molar-refractivity contribution is 0.660. The fourth-order valence-corrected chi connectivity index (χ4v) is 5.64. The molecule has 0 saturated carbocycles. The van der Waals surface area contributed by atoms with Gasteiger partial charge in [0.05, 0.1) is 21.7 Å².